The van der Waals surface area contributed by atoms with E-state index in [1.54, 1.807) is 19.1 Å². The van der Waals surface area contributed by atoms with Crippen molar-refractivity contribution in [1.82, 2.24) is 5.43 Å². The summed E-state index contributed by atoms with van der Waals surface area (Å²) in [5.74, 6) is 0.433. The largest absolute Gasteiger partial charge is 0.508 e. The molecule has 7 nitrogen and oxygen atoms in total. The van der Waals surface area contributed by atoms with Gasteiger partial charge in [0, 0.05) is 11.1 Å². The zero-order valence-corrected chi connectivity index (χ0v) is 13.5. The number of ether oxygens (including phenoxy) is 2. The first-order chi connectivity index (χ1) is 11.5. The van der Waals surface area contributed by atoms with Gasteiger partial charge in [-0.3, -0.25) is 4.79 Å². The Kier molecular flexibility index (Phi) is 5.26. The minimum Gasteiger partial charge on any atom is -0.508 e. The quantitative estimate of drug-likeness (QED) is 0.443. The van der Waals surface area contributed by atoms with Crippen molar-refractivity contribution in [2.75, 3.05) is 14.2 Å². The van der Waals surface area contributed by atoms with Crippen LogP contribution in [-0.2, 0) is 0 Å². The summed E-state index contributed by atoms with van der Waals surface area (Å²) < 4.78 is 10.3. The van der Waals surface area contributed by atoms with Crippen LogP contribution in [0.4, 0.5) is 0 Å². The number of rotatable bonds is 5. The monoisotopic (exact) mass is 330 g/mol. The fourth-order valence-electron chi connectivity index (χ4n) is 2.05. The van der Waals surface area contributed by atoms with E-state index >= 15 is 0 Å². The predicted octanol–water partition coefficient (Wildman–Crippen LogP) is 2.27. The van der Waals surface area contributed by atoms with E-state index in [9.17, 15) is 15.0 Å². The number of carbonyl (C=O) groups is 1. The number of aromatic hydroxyl groups is 2. The Balaban J connectivity index is 2.19. The molecule has 0 aromatic heterocycles. The number of amides is 1. The third-order valence-electron chi connectivity index (χ3n) is 3.34. The van der Waals surface area contributed by atoms with Crippen LogP contribution in [0.1, 0.15) is 22.8 Å². The topological polar surface area (TPSA) is 100 Å². The summed E-state index contributed by atoms with van der Waals surface area (Å²) in [5, 5.41) is 23.2. The highest BCUT2D eigenvalue weighted by Gasteiger charge is 2.11. The van der Waals surface area contributed by atoms with E-state index in [1.165, 1.54) is 38.5 Å². The summed E-state index contributed by atoms with van der Waals surface area (Å²) in [5.41, 5.74) is 3.40. The van der Waals surface area contributed by atoms with Gasteiger partial charge in [-0.05, 0) is 43.3 Å². The molecule has 7 heteroatoms. The lowest BCUT2D eigenvalue weighted by molar-refractivity contribution is 0.0954. The van der Waals surface area contributed by atoms with E-state index in [4.69, 9.17) is 9.47 Å². The third-order valence-corrected chi connectivity index (χ3v) is 3.34. The second kappa shape index (κ2) is 7.36. The maximum absolute atomic E-state index is 12.2. The van der Waals surface area contributed by atoms with Crippen LogP contribution in [0.3, 0.4) is 0 Å². The molecule has 0 saturated carbocycles. The molecule has 126 valence electrons. The molecule has 2 aromatic rings. The van der Waals surface area contributed by atoms with Crippen LogP contribution in [0.2, 0.25) is 0 Å². The lowest BCUT2D eigenvalue weighted by Gasteiger charge is -2.09. The number of phenols is 2. The van der Waals surface area contributed by atoms with Gasteiger partial charge in [0.1, 0.15) is 11.5 Å². The van der Waals surface area contributed by atoms with Crippen LogP contribution in [-0.4, -0.2) is 36.1 Å². The Bertz CT molecular complexity index is 787. The summed E-state index contributed by atoms with van der Waals surface area (Å²) in [7, 11) is 2.99. The second-order valence-corrected chi connectivity index (χ2v) is 4.91. The molecule has 0 radical (unpaired) electrons. The van der Waals surface area contributed by atoms with E-state index in [2.05, 4.69) is 10.5 Å². The number of methoxy groups -OCH3 is 2. The first-order valence-electron chi connectivity index (χ1n) is 7.05. The minimum atomic E-state index is -0.449. The highest BCUT2D eigenvalue weighted by molar-refractivity contribution is 6.03. The number of carbonyl (C=O) groups excluding carboxylic acids is 1. The van der Waals surface area contributed by atoms with E-state index < -0.39 is 5.91 Å². The molecule has 2 aromatic carbocycles. The summed E-state index contributed by atoms with van der Waals surface area (Å²) in [6, 6.07) is 8.79. The van der Waals surface area contributed by atoms with Crippen molar-refractivity contribution in [3.8, 4) is 23.0 Å². The second-order valence-electron chi connectivity index (χ2n) is 4.91. The number of hydrogen-bond donors (Lipinski definition) is 3. The number of hydrazone groups is 1. The molecule has 0 spiro atoms. The molecule has 24 heavy (non-hydrogen) atoms. The Hall–Kier alpha value is -3.22. The molecule has 0 saturated heterocycles. The first kappa shape index (κ1) is 17.1. The van der Waals surface area contributed by atoms with Crippen LogP contribution in [0.25, 0.3) is 0 Å². The molecule has 0 aliphatic rings. The standard InChI is InChI=1S/C17H18N2O5/c1-10(13-9-12(20)5-6-14(13)21)18-19-17(22)11-4-7-15(23-2)16(8-11)24-3/h4-9,20-21H,1-3H3,(H,19,22). The van der Waals surface area contributed by atoms with E-state index in [-0.39, 0.29) is 11.5 Å². The molecule has 0 fully saturated rings. The number of nitrogens with one attached hydrogen (secondary N) is 1. The fraction of sp³-hybridized carbons (Fsp3) is 0.176. The van der Waals surface area contributed by atoms with Gasteiger partial charge >= 0.3 is 0 Å². The maximum atomic E-state index is 12.2. The SMILES string of the molecule is COc1ccc(C(=O)NN=C(C)c2cc(O)ccc2O)cc1OC. The van der Waals surface area contributed by atoms with Gasteiger partial charge in [-0.15, -0.1) is 0 Å². The highest BCUT2D eigenvalue weighted by atomic mass is 16.5. The van der Waals surface area contributed by atoms with Crippen molar-refractivity contribution in [2.45, 2.75) is 6.92 Å². The number of hydrogen-bond acceptors (Lipinski definition) is 6. The van der Waals surface area contributed by atoms with Gasteiger partial charge in [0.2, 0.25) is 0 Å². The van der Waals surface area contributed by atoms with Crippen LogP contribution < -0.4 is 14.9 Å². The highest BCUT2D eigenvalue weighted by Crippen LogP contribution is 2.27. The fourth-order valence-corrected chi connectivity index (χ4v) is 2.05. The summed E-state index contributed by atoms with van der Waals surface area (Å²) >= 11 is 0. The molecule has 0 bridgehead atoms. The molecule has 3 N–H and O–H groups in total. The van der Waals surface area contributed by atoms with Crippen LogP contribution in [0.5, 0.6) is 23.0 Å². The van der Waals surface area contributed by atoms with Crippen molar-refractivity contribution < 1.29 is 24.5 Å². The summed E-state index contributed by atoms with van der Waals surface area (Å²) in [6.45, 7) is 1.60. The number of phenolic OH excluding ortho intramolecular Hbond substituents is 2. The molecule has 0 aliphatic heterocycles. The zero-order chi connectivity index (χ0) is 17.7. The summed E-state index contributed by atoms with van der Waals surface area (Å²) in [4.78, 5) is 12.2. The lowest BCUT2D eigenvalue weighted by atomic mass is 10.1. The first-order valence-corrected chi connectivity index (χ1v) is 7.05. The molecule has 2 rings (SSSR count). The Labute approximate surface area is 139 Å². The van der Waals surface area contributed by atoms with Gasteiger partial charge in [0.15, 0.2) is 11.5 Å². The number of benzene rings is 2. The van der Waals surface area contributed by atoms with Gasteiger partial charge in [-0.25, -0.2) is 5.43 Å². The van der Waals surface area contributed by atoms with E-state index in [0.29, 0.717) is 28.3 Å². The Morgan fingerprint density at radius 1 is 1.04 bits per heavy atom. The average molecular weight is 330 g/mol. The Morgan fingerprint density at radius 3 is 2.42 bits per heavy atom. The van der Waals surface area contributed by atoms with E-state index in [1.807, 2.05) is 0 Å². The lowest BCUT2D eigenvalue weighted by Crippen LogP contribution is -2.19. The third kappa shape index (κ3) is 3.75. The van der Waals surface area contributed by atoms with Crippen molar-refractivity contribution >= 4 is 11.6 Å². The van der Waals surface area contributed by atoms with E-state index in [0.717, 1.165) is 0 Å². The molecule has 0 aliphatic carbocycles. The van der Waals surface area contributed by atoms with Crippen molar-refractivity contribution in [1.29, 1.82) is 0 Å². The predicted molar refractivity (Wildman–Crippen MR) is 89.0 cm³/mol. The van der Waals surface area contributed by atoms with Gasteiger partial charge in [0.05, 0.1) is 19.9 Å². The maximum Gasteiger partial charge on any atom is 0.271 e. The van der Waals surface area contributed by atoms with Gasteiger partial charge < -0.3 is 19.7 Å². The van der Waals surface area contributed by atoms with Crippen LogP contribution >= 0.6 is 0 Å². The number of nitrogens with zero attached hydrogens (tertiary/aromatic N) is 1. The van der Waals surface area contributed by atoms with Crippen molar-refractivity contribution in [3.63, 3.8) is 0 Å². The van der Waals surface area contributed by atoms with Crippen molar-refractivity contribution in [2.24, 2.45) is 5.10 Å². The van der Waals surface area contributed by atoms with Crippen LogP contribution in [0.15, 0.2) is 41.5 Å². The van der Waals surface area contributed by atoms with Crippen molar-refractivity contribution in [3.05, 3.63) is 47.5 Å². The molecular formula is C17H18N2O5. The molecule has 1 amide bonds. The molecule has 0 atom stereocenters. The molecular weight excluding hydrogens is 312 g/mol. The Morgan fingerprint density at radius 2 is 1.75 bits per heavy atom. The normalized spacial score (nSPS) is 11.0. The summed E-state index contributed by atoms with van der Waals surface area (Å²) in [6.07, 6.45) is 0. The van der Waals surface area contributed by atoms with Gasteiger partial charge in [-0.1, -0.05) is 0 Å². The van der Waals surface area contributed by atoms with Gasteiger partial charge in [0.25, 0.3) is 5.91 Å². The van der Waals surface area contributed by atoms with Gasteiger partial charge in [-0.2, -0.15) is 5.10 Å². The molecule has 0 unspecified atom stereocenters. The molecule has 0 heterocycles. The smallest absolute Gasteiger partial charge is 0.271 e. The zero-order valence-electron chi connectivity index (χ0n) is 13.5. The minimum absolute atomic E-state index is 0.0106. The average Bonchev–Trinajstić information content (AvgIpc) is 2.60. The van der Waals surface area contributed by atoms with Crippen LogP contribution in [0, 0.1) is 0 Å².